The molecule has 0 amide bonds. The molecule has 0 radical (unpaired) electrons. The summed E-state index contributed by atoms with van der Waals surface area (Å²) in [4.78, 5) is 2.96. The van der Waals surface area contributed by atoms with Crippen molar-refractivity contribution < 1.29 is 12.8 Å². The smallest absolute Gasteiger partial charge is 0.216 e. The molecule has 0 unspecified atom stereocenters. The third-order valence-electron chi connectivity index (χ3n) is 2.79. The van der Waals surface area contributed by atoms with E-state index in [2.05, 4.69) is 16.3 Å². The largest absolute Gasteiger partial charge is 0.361 e. The second kappa shape index (κ2) is 5.95. The molecule has 1 aromatic carbocycles. The molecule has 0 bridgehead atoms. The SMILES string of the molecule is C=C(Cl)CS(=O)(=O)NCCc1c[nH]c2cc(F)ccc12. The normalized spacial score (nSPS) is 11.9. The maximum absolute atomic E-state index is 13.0. The number of aromatic amines is 1. The molecule has 2 N–H and O–H groups in total. The number of fused-ring (bicyclic) bond motifs is 1. The number of aromatic nitrogens is 1. The van der Waals surface area contributed by atoms with Crippen molar-refractivity contribution in [1.29, 1.82) is 0 Å². The van der Waals surface area contributed by atoms with Crippen LogP contribution in [0.25, 0.3) is 10.9 Å². The summed E-state index contributed by atoms with van der Waals surface area (Å²) in [7, 11) is -3.45. The van der Waals surface area contributed by atoms with Crippen molar-refractivity contribution in [1.82, 2.24) is 9.71 Å². The van der Waals surface area contributed by atoms with Crippen LogP contribution >= 0.6 is 11.6 Å². The summed E-state index contributed by atoms with van der Waals surface area (Å²) < 4.78 is 38.6. The van der Waals surface area contributed by atoms with Gasteiger partial charge in [-0.25, -0.2) is 17.5 Å². The van der Waals surface area contributed by atoms with Crippen molar-refractivity contribution in [3.05, 3.63) is 47.4 Å². The number of rotatable bonds is 6. The number of nitrogens with one attached hydrogen (secondary N) is 2. The first-order valence-corrected chi connectivity index (χ1v) is 7.96. The minimum absolute atomic E-state index is 0.0695. The Kier molecular flexibility index (Phi) is 4.47. The average Bonchev–Trinajstić information content (AvgIpc) is 2.69. The second-order valence-corrected chi connectivity index (χ2v) is 6.77. The molecule has 108 valence electrons. The third-order valence-corrected chi connectivity index (χ3v) is 4.46. The first kappa shape index (κ1) is 15.0. The van der Waals surface area contributed by atoms with Gasteiger partial charge in [0.25, 0.3) is 0 Å². The first-order chi connectivity index (χ1) is 9.37. The first-order valence-electron chi connectivity index (χ1n) is 5.93. The lowest BCUT2D eigenvalue weighted by molar-refractivity contribution is 0.584. The van der Waals surface area contributed by atoms with Gasteiger partial charge in [0.15, 0.2) is 0 Å². The lowest BCUT2D eigenvalue weighted by Crippen LogP contribution is -2.28. The van der Waals surface area contributed by atoms with E-state index in [0.29, 0.717) is 11.9 Å². The van der Waals surface area contributed by atoms with E-state index in [9.17, 15) is 12.8 Å². The molecular weight excluding hydrogens is 303 g/mol. The lowest BCUT2D eigenvalue weighted by atomic mass is 10.1. The fourth-order valence-corrected chi connectivity index (χ4v) is 3.32. The highest BCUT2D eigenvalue weighted by molar-refractivity contribution is 7.89. The molecule has 2 aromatic rings. The Morgan fingerprint density at radius 1 is 1.45 bits per heavy atom. The number of H-pyrrole nitrogens is 1. The fourth-order valence-electron chi connectivity index (χ4n) is 1.96. The lowest BCUT2D eigenvalue weighted by Gasteiger charge is -2.05. The summed E-state index contributed by atoms with van der Waals surface area (Å²) in [6.45, 7) is 3.60. The van der Waals surface area contributed by atoms with Crippen LogP contribution in [-0.2, 0) is 16.4 Å². The standard InChI is InChI=1S/C13H14ClFN2O2S/c1-9(14)8-20(18,19)17-5-4-10-7-16-13-6-11(15)2-3-12(10)13/h2-3,6-7,16-17H,1,4-5,8H2. The number of sulfonamides is 1. The number of hydrogen-bond donors (Lipinski definition) is 2. The van der Waals surface area contributed by atoms with Crippen LogP contribution in [0.3, 0.4) is 0 Å². The van der Waals surface area contributed by atoms with E-state index < -0.39 is 10.0 Å². The van der Waals surface area contributed by atoms with Crippen LogP contribution in [0.1, 0.15) is 5.56 Å². The zero-order valence-corrected chi connectivity index (χ0v) is 12.2. The summed E-state index contributed by atoms with van der Waals surface area (Å²) >= 11 is 5.48. The predicted molar refractivity (Wildman–Crippen MR) is 78.7 cm³/mol. The highest BCUT2D eigenvalue weighted by atomic mass is 35.5. The minimum atomic E-state index is -3.45. The van der Waals surface area contributed by atoms with E-state index in [1.165, 1.54) is 12.1 Å². The van der Waals surface area contributed by atoms with E-state index in [-0.39, 0.29) is 23.1 Å². The summed E-state index contributed by atoms with van der Waals surface area (Å²) in [5, 5.41) is 0.951. The summed E-state index contributed by atoms with van der Waals surface area (Å²) in [5.41, 5.74) is 1.62. The van der Waals surface area contributed by atoms with Gasteiger partial charge in [-0.3, -0.25) is 0 Å². The Labute approximate surface area is 121 Å². The average molecular weight is 317 g/mol. The van der Waals surface area contributed by atoms with Gasteiger partial charge in [0.2, 0.25) is 10.0 Å². The monoisotopic (exact) mass is 316 g/mol. The van der Waals surface area contributed by atoms with Crippen molar-refractivity contribution >= 4 is 32.5 Å². The van der Waals surface area contributed by atoms with Gasteiger partial charge < -0.3 is 4.98 Å². The van der Waals surface area contributed by atoms with Crippen molar-refractivity contribution in [3.63, 3.8) is 0 Å². The molecule has 0 aliphatic heterocycles. The van der Waals surface area contributed by atoms with Gasteiger partial charge in [0.05, 0.1) is 5.75 Å². The molecule has 0 aliphatic carbocycles. The molecule has 0 atom stereocenters. The quantitative estimate of drug-likeness (QED) is 0.860. The Balaban J connectivity index is 2.02. The van der Waals surface area contributed by atoms with Gasteiger partial charge in [-0.05, 0) is 30.2 Å². The number of benzene rings is 1. The summed E-state index contributed by atoms with van der Waals surface area (Å²) in [5.74, 6) is -0.611. The maximum Gasteiger partial charge on any atom is 0.216 e. The number of halogens is 2. The van der Waals surface area contributed by atoms with Crippen LogP contribution in [0.4, 0.5) is 4.39 Å². The Morgan fingerprint density at radius 2 is 2.20 bits per heavy atom. The summed E-state index contributed by atoms with van der Waals surface area (Å²) in [6, 6.07) is 4.45. The Morgan fingerprint density at radius 3 is 2.90 bits per heavy atom. The van der Waals surface area contributed by atoms with E-state index in [0.717, 1.165) is 10.9 Å². The molecule has 4 nitrogen and oxygen atoms in total. The zero-order valence-electron chi connectivity index (χ0n) is 10.6. The van der Waals surface area contributed by atoms with Crippen LogP contribution in [0.2, 0.25) is 0 Å². The molecule has 20 heavy (non-hydrogen) atoms. The van der Waals surface area contributed by atoms with E-state index in [4.69, 9.17) is 11.6 Å². The highest BCUT2D eigenvalue weighted by Gasteiger charge is 2.11. The molecule has 0 aliphatic rings. The van der Waals surface area contributed by atoms with Crippen LogP contribution < -0.4 is 4.72 Å². The van der Waals surface area contributed by atoms with Crippen LogP contribution in [0, 0.1) is 5.82 Å². The number of hydrogen-bond acceptors (Lipinski definition) is 2. The molecule has 0 spiro atoms. The van der Waals surface area contributed by atoms with Crippen LogP contribution in [-0.4, -0.2) is 25.7 Å². The Bertz CT molecular complexity index is 740. The van der Waals surface area contributed by atoms with Gasteiger partial charge >= 0.3 is 0 Å². The van der Waals surface area contributed by atoms with Crippen molar-refractivity contribution in [2.24, 2.45) is 0 Å². The van der Waals surface area contributed by atoms with Crippen LogP contribution in [0.15, 0.2) is 36.0 Å². The fraction of sp³-hybridized carbons (Fsp3) is 0.231. The third kappa shape index (κ3) is 3.82. The maximum atomic E-state index is 13.0. The molecule has 0 saturated carbocycles. The minimum Gasteiger partial charge on any atom is -0.361 e. The van der Waals surface area contributed by atoms with Crippen molar-refractivity contribution in [2.45, 2.75) is 6.42 Å². The topological polar surface area (TPSA) is 62.0 Å². The van der Waals surface area contributed by atoms with Gasteiger partial charge in [-0.15, -0.1) is 0 Å². The van der Waals surface area contributed by atoms with Crippen molar-refractivity contribution in [3.8, 4) is 0 Å². The molecular formula is C13H14ClFN2O2S. The zero-order chi connectivity index (χ0) is 14.8. The van der Waals surface area contributed by atoms with Crippen LogP contribution in [0.5, 0.6) is 0 Å². The molecule has 2 rings (SSSR count). The van der Waals surface area contributed by atoms with Gasteiger partial charge in [0, 0.05) is 28.7 Å². The molecule has 1 aromatic heterocycles. The molecule has 7 heteroatoms. The highest BCUT2D eigenvalue weighted by Crippen LogP contribution is 2.19. The second-order valence-electron chi connectivity index (χ2n) is 4.42. The van der Waals surface area contributed by atoms with E-state index >= 15 is 0 Å². The molecule has 0 saturated heterocycles. The molecule has 0 fully saturated rings. The van der Waals surface area contributed by atoms with Crippen molar-refractivity contribution in [2.75, 3.05) is 12.3 Å². The van der Waals surface area contributed by atoms with Gasteiger partial charge in [-0.1, -0.05) is 18.2 Å². The summed E-state index contributed by atoms with van der Waals surface area (Å²) in [6.07, 6.45) is 2.25. The molecule has 1 heterocycles. The van der Waals surface area contributed by atoms with E-state index in [1.54, 1.807) is 12.3 Å². The van der Waals surface area contributed by atoms with Gasteiger partial charge in [-0.2, -0.15) is 0 Å². The predicted octanol–water partition coefficient (Wildman–Crippen LogP) is 2.52. The Hall–Kier alpha value is -1.37. The van der Waals surface area contributed by atoms with Gasteiger partial charge in [0.1, 0.15) is 5.82 Å². The van der Waals surface area contributed by atoms with E-state index in [1.807, 2.05) is 0 Å².